The van der Waals surface area contributed by atoms with E-state index >= 15 is 0 Å². The largest absolute Gasteiger partial charge is 0.375 e. The smallest absolute Gasteiger partial charge is 0.162 e. The molecular formula is C12H25NO3. The predicted molar refractivity (Wildman–Crippen MR) is 63.5 cm³/mol. The maximum absolute atomic E-state index is 5.62. The van der Waals surface area contributed by atoms with Crippen LogP contribution in [0.25, 0.3) is 0 Å². The average molecular weight is 231 g/mol. The summed E-state index contributed by atoms with van der Waals surface area (Å²) in [5.74, 6) is -0.437. The first-order valence-corrected chi connectivity index (χ1v) is 6.00. The number of hydrogen-bond acceptors (Lipinski definition) is 4. The molecule has 1 N–H and O–H groups in total. The molecule has 0 amide bonds. The molecule has 0 unspecified atom stereocenters. The van der Waals surface area contributed by atoms with Gasteiger partial charge in [-0.25, -0.2) is 0 Å². The summed E-state index contributed by atoms with van der Waals surface area (Å²) in [6.07, 6.45) is 0. The van der Waals surface area contributed by atoms with Crippen LogP contribution in [0.5, 0.6) is 0 Å². The molecule has 4 heteroatoms. The van der Waals surface area contributed by atoms with E-state index in [4.69, 9.17) is 14.2 Å². The molecule has 1 aliphatic heterocycles. The first-order chi connectivity index (χ1) is 7.35. The van der Waals surface area contributed by atoms with Gasteiger partial charge in [-0.1, -0.05) is 0 Å². The molecule has 4 nitrogen and oxygen atoms in total. The Bertz CT molecular complexity index is 206. The van der Waals surface area contributed by atoms with Crippen molar-refractivity contribution in [2.45, 2.75) is 52.0 Å². The summed E-state index contributed by atoms with van der Waals surface area (Å²) < 4.78 is 16.8. The minimum Gasteiger partial charge on any atom is -0.375 e. The summed E-state index contributed by atoms with van der Waals surface area (Å²) in [6.45, 7) is 13.0. The second-order valence-electron chi connectivity index (χ2n) is 5.29. The van der Waals surface area contributed by atoms with Gasteiger partial charge in [-0.15, -0.1) is 0 Å². The molecular weight excluding hydrogens is 206 g/mol. The van der Waals surface area contributed by atoms with Gasteiger partial charge in [0.2, 0.25) is 0 Å². The van der Waals surface area contributed by atoms with E-state index in [1.54, 1.807) is 0 Å². The van der Waals surface area contributed by atoms with Crippen molar-refractivity contribution < 1.29 is 14.2 Å². The molecule has 0 bridgehead atoms. The molecule has 0 aromatic rings. The van der Waals surface area contributed by atoms with Gasteiger partial charge in [-0.3, -0.25) is 0 Å². The highest BCUT2D eigenvalue weighted by Crippen LogP contribution is 2.17. The topological polar surface area (TPSA) is 39.7 Å². The number of hydrogen-bond donors (Lipinski definition) is 1. The van der Waals surface area contributed by atoms with Crippen molar-refractivity contribution in [1.82, 2.24) is 5.32 Å². The molecule has 0 aliphatic carbocycles. The van der Waals surface area contributed by atoms with E-state index in [2.05, 4.69) is 19.2 Å². The van der Waals surface area contributed by atoms with E-state index in [-0.39, 0.29) is 11.6 Å². The molecule has 0 atom stereocenters. The minimum atomic E-state index is -0.437. The van der Waals surface area contributed by atoms with E-state index in [9.17, 15) is 0 Å². The maximum atomic E-state index is 5.62. The van der Waals surface area contributed by atoms with Crippen LogP contribution in [0.3, 0.4) is 0 Å². The Morgan fingerprint density at radius 1 is 1.31 bits per heavy atom. The lowest BCUT2D eigenvalue weighted by atomic mass is 10.1. The van der Waals surface area contributed by atoms with Gasteiger partial charge in [-0.05, 0) is 34.6 Å². The van der Waals surface area contributed by atoms with Crippen LogP contribution in [0.4, 0.5) is 0 Å². The molecule has 0 saturated carbocycles. The van der Waals surface area contributed by atoms with Crippen molar-refractivity contribution in [2.24, 2.45) is 0 Å². The van der Waals surface area contributed by atoms with E-state index in [1.165, 1.54) is 0 Å². The van der Waals surface area contributed by atoms with Crippen LogP contribution in [0.2, 0.25) is 0 Å². The number of ether oxygens (including phenoxy) is 3. The minimum absolute atomic E-state index is 0.137. The molecule has 0 spiro atoms. The lowest BCUT2D eigenvalue weighted by Crippen LogP contribution is -2.52. The molecule has 1 fully saturated rings. The maximum Gasteiger partial charge on any atom is 0.162 e. The van der Waals surface area contributed by atoms with Crippen molar-refractivity contribution in [1.29, 1.82) is 0 Å². The standard InChI is InChI=1S/C12H25NO3/c1-6-14-11(2,3)9-13-10-7-15-12(4,5)16-8-10/h10,13H,6-9H2,1-5H3. The fourth-order valence-electron chi connectivity index (χ4n) is 1.64. The molecule has 1 aliphatic rings. The summed E-state index contributed by atoms with van der Waals surface area (Å²) in [6, 6.07) is 0.257. The van der Waals surface area contributed by atoms with Gasteiger partial charge in [0.05, 0.1) is 24.9 Å². The summed E-state index contributed by atoms with van der Waals surface area (Å²) in [5, 5.41) is 3.41. The SMILES string of the molecule is CCOC(C)(C)CNC1COC(C)(C)OC1. The van der Waals surface area contributed by atoms with Gasteiger partial charge >= 0.3 is 0 Å². The zero-order chi connectivity index (χ0) is 12.2. The molecule has 0 aromatic carbocycles. The molecule has 96 valence electrons. The molecule has 0 aromatic heterocycles. The van der Waals surface area contributed by atoms with Gasteiger partial charge in [0.15, 0.2) is 5.79 Å². The third-order valence-corrected chi connectivity index (χ3v) is 2.62. The third kappa shape index (κ3) is 4.78. The number of nitrogens with one attached hydrogen (secondary N) is 1. The van der Waals surface area contributed by atoms with E-state index in [1.807, 2.05) is 20.8 Å². The Hall–Kier alpha value is -0.160. The summed E-state index contributed by atoms with van der Waals surface area (Å²) in [4.78, 5) is 0. The Balaban J connectivity index is 2.24. The zero-order valence-corrected chi connectivity index (χ0v) is 11.1. The highest BCUT2D eigenvalue weighted by Gasteiger charge is 2.29. The molecule has 1 heterocycles. The summed E-state index contributed by atoms with van der Waals surface area (Å²) in [5.41, 5.74) is -0.137. The summed E-state index contributed by atoms with van der Waals surface area (Å²) >= 11 is 0. The predicted octanol–water partition coefficient (Wildman–Crippen LogP) is 1.54. The molecule has 0 radical (unpaired) electrons. The van der Waals surface area contributed by atoms with Crippen LogP contribution in [-0.4, -0.2) is 43.8 Å². The quantitative estimate of drug-likeness (QED) is 0.779. The van der Waals surface area contributed by atoms with Crippen molar-refractivity contribution in [3.63, 3.8) is 0 Å². The van der Waals surface area contributed by atoms with Gasteiger partial charge in [0.1, 0.15) is 0 Å². The van der Waals surface area contributed by atoms with Crippen LogP contribution >= 0.6 is 0 Å². The van der Waals surface area contributed by atoms with E-state index in [0.717, 1.165) is 13.2 Å². The average Bonchev–Trinajstić information content (AvgIpc) is 2.16. The first-order valence-electron chi connectivity index (χ1n) is 6.00. The normalized spacial score (nSPS) is 22.3. The Kier molecular flexibility index (Phi) is 4.73. The van der Waals surface area contributed by atoms with Gasteiger partial charge in [0, 0.05) is 13.2 Å². The Labute approximate surface area is 98.6 Å². The van der Waals surface area contributed by atoms with Crippen LogP contribution in [0, 0.1) is 0 Å². The zero-order valence-electron chi connectivity index (χ0n) is 11.1. The van der Waals surface area contributed by atoms with Gasteiger partial charge in [0.25, 0.3) is 0 Å². The van der Waals surface area contributed by atoms with Crippen molar-refractivity contribution >= 4 is 0 Å². The fraction of sp³-hybridized carbons (Fsp3) is 1.00. The Morgan fingerprint density at radius 3 is 2.38 bits per heavy atom. The third-order valence-electron chi connectivity index (χ3n) is 2.62. The van der Waals surface area contributed by atoms with E-state index < -0.39 is 5.79 Å². The fourth-order valence-corrected chi connectivity index (χ4v) is 1.64. The Morgan fingerprint density at radius 2 is 1.88 bits per heavy atom. The van der Waals surface area contributed by atoms with Gasteiger partial charge < -0.3 is 19.5 Å². The van der Waals surface area contributed by atoms with Crippen molar-refractivity contribution in [2.75, 3.05) is 26.4 Å². The molecule has 16 heavy (non-hydrogen) atoms. The summed E-state index contributed by atoms with van der Waals surface area (Å²) in [7, 11) is 0. The van der Waals surface area contributed by atoms with Crippen LogP contribution in [-0.2, 0) is 14.2 Å². The number of rotatable bonds is 5. The molecule has 1 rings (SSSR count). The highest BCUT2D eigenvalue weighted by atomic mass is 16.7. The van der Waals surface area contributed by atoms with Crippen molar-refractivity contribution in [3.05, 3.63) is 0 Å². The lowest BCUT2D eigenvalue weighted by Gasteiger charge is -2.36. The molecule has 1 saturated heterocycles. The van der Waals surface area contributed by atoms with Crippen LogP contribution < -0.4 is 5.32 Å². The van der Waals surface area contributed by atoms with Crippen LogP contribution in [0.15, 0.2) is 0 Å². The second-order valence-corrected chi connectivity index (χ2v) is 5.29. The van der Waals surface area contributed by atoms with Crippen LogP contribution in [0.1, 0.15) is 34.6 Å². The first kappa shape index (κ1) is 13.9. The van der Waals surface area contributed by atoms with Gasteiger partial charge in [-0.2, -0.15) is 0 Å². The lowest BCUT2D eigenvalue weighted by molar-refractivity contribution is -0.253. The van der Waals surface area contributed by atoms with E-state index in [0.29, 0.717) is 13.2 Å². The monoisotopic (exact) mass is 231 g/mol. The highest BCUT2D eigenvalue weighted by molar-refractivity contribution is 4.78. The van der Waals surface area contributed by atoms with Crippen molar-refractivity contribution in [3.8, 4) is 0 Å². The second kappa shape index (κ2) is 5.45.